The number of likely N-dealkylation sites (tertiary alicyclic amines) is 1. The van der Waals surface area contributed by atoms with Crippen LogP contribution in [0, 0.1) is 0 Å². The van der Waals surface area contributed by atoms with Crippen LogP contribution in [0.1, 0.15) is 47.2 Å². The number of imidazole rings is 1. The Bertz CT molecular complexity index is 518. The fourth-order valence-electron chi connectivity index (χ4n) is 3.32. The van der Waals surface area contributed by atoms with Crippen LogP contribution in [0.25, 0.3) is 0 Å². The monoisotopic (exact) mass is 279 g/mol. The Balaban J connectivity index is 1.95. The van der Waals surface area contributed by atoms with Gasteiger partial charge in [-0.25, -0.2) is 9.78 Å². The van der Waals surface area contributed by atoms with E-state index < -0.39 is 12.1 Å². The molecule has 20 heavy (non-hydrogen) atoms. The van der Waals surface area contributed by atoms with E-state index in [1.165, 1.54) is 0 Å². The first-order chi connectivity index (χ1) is 9.56. The molecule has 3 rings (SSSR count). The highest BCUT2D eigenvalue weighted by Crippen LogP contribution is 2.31. The van der Waals surface area contributed by atoms with Crippen LogP contribution in [0.3, 0.4) is 0 Å². The molecule has 1 fully saturated rings. The molecule has 2 N–H and O–H groups in total. The normalized spacial score (nSPS) is 24.6. The van der Waals surface area contributed by atoms with Crippen molar-refractivity contribution in [1.29, 1.82) is 0 Å². The number of carboxylic acids is 1. The lowest BCUT2D eigenvalue weighted by atomic mass is 9.95. The third-order valence-corrected chi connectivity index (χ3v) is 4.50. The summed E-state index contributed by atoms with van der Waals surface area (Å²) in [4.78, 5) is 18.1. The molecule has 6 heteroatoms. The zero-order valence-corrected chi connectivity index (χ0v) is 11.7. The number of aromatic carboxylic acids is 1. The van der Waals surface area contributed by atoms with Crippen LogP contribution in [0.4, 0.5) is 0 Å². The maximum atomic E-state index is 11.4. The van der Waals surface area contributed by atoms with Crippen molar-refractivity contribution < 1.29 is 15.0 Å². The van der Waals surface area contributed by atoms with Crippen molar-refractivity contribution in [2.75, 3.05) is 20.1 Å². The van der Waals surface area contributed by atoms with Crippen molar-refractivity contribution in [1.82, 2.24) is 14.5 Å². The second-order valence-corrected chi connectivity index (χ2v) is 5.95. The first-order valence-electron chi connectivity index (χ1n) is 7.25. The summed E-state index contributed by atoms with van der Waals surface area (Å²) in [6.07, 6.45) is 2.69. The summed E-state index contributed by atoms with van der Waals surface area (Å²) in [6.45, 7) is 2.73. The van der Waals surface area contributed by atoms with Crippen molar-refractivity contribution in [3.05, 3.63) is 17.2 Å². The van der Waals surface area contributed by atoms with E-state index in [1.807, 2.05) is 4.57 Å². The topological polar surface area (TPSA) is 78.6 Å². The van der Waals surface area contributed by atoms with Crippen molar-refractivity contribution in [3.63, 3.8) is 0 Å². The smallest absolute Gasteiger partial charge is 0.356 e. The predicted molar refractivity (Wildman–Crippen MR) is 73.0 cm³/mol. The maximum Gasteiger partial charge on any atom is 0.356 e. The number of carboxylic acid groups (broad SMARTS) is 1. The molecular weight excluding hydrogens is 258 g/mol. The standard InChI is InChI=1S/C14H21N3O3/c1-16-5-2-9(3-6-16)13-15-12(14(19)20)11-8-10(18)4-7-17(11)13/h9-10,18H,2-8H2,1H3,(H,19,20). The van der Waals surface area contributed by atoms with Gasteiger partial charge in [0.15, 0.2) is 5.69 Å². The summed E-state index contributed by atoms with van der Waals surface area (Å²) >= 11 is 0. The molecule has 0 bridgehead atoms. The molecule has 0 saturated carbocycles. The van der Waals surface area contributed by atoms with Gasteiger partial charge in [0.2, 0.25) is 0 Å². The van der Waals surface area contributed by atoms with Crippen molar-refractivity contribution in [2.45, 2.75) is 44.2 Å². The molecule has 0 aromatic carbocycles. The molecule has 1 saturated heterocycles. The Kier molecular flexibility index (Phi) is 3.52. The first-order valence-corrected chi connectivity index (χ1v) is 7.25. The molecule has 0 aliphatic carbocycles. The number of aliphatic hydroxyl groups is 1. The number of hydrogen-bond donors (Lipinski definition) is 2. The minimum absolute atomic E-state index is 0.137. The Morgan fingerprint density at radius 2 is 1.95 bits per heavy atom. The predicted octanol–water partition coefficient (Wildman–Crippen LogP) is 0.698. The van der Waals surface area contributed by atoms with Crippen molar-refractivity contribution in [3.8, 4) is 0 Å². The summed E-state index contributed by atoms with van der Waals surface area (Å²) in [5.41, 5.74) is 0.836. The molecule has 0 spiro atoms. The summed E-state index contributed by atoms with van der Waals surface area (Å²) in [7, 11) is 2.11. The molecule has 3 heterocycles. The van der Waals surface area contributed by atoms with E-state index in [0.717, 1.165) is 31.8 Å². The van der Waals surface area contributed by atoms with Crippen LogP contribution < -0.4 is 0 Å². The fourth-order valence-corrected chi connectivity index (χ4v) is 3.32. The molecule has 0 amide bonds. The third kappa shape index (κ3) is 2.33. The van der Waals surface area contributed by atoms with Crippen molar-refractivity contribution in [2.24, 2.45) is 0 Å². The van der Waals surface area contributed by atoms with Gasteiger partial charge >= 0.3 is 5.97 Å². The maximum absolute atomic E-state index is 11.4. The second kappa shape index (κ2) is 5.18. The van der Waals surface area contributed by atoms with Gasteiger partial charge in [-0.05, 0) is 39.4 Å². The average molecular weight is 279 g/mol. The molecule has 110 valence electrons. The van der Waals surface area contributed by atoms with Gasteiger partial charge in [0.25, 0.3) is 0 Å². The summed E-state index contributed by atoms with van der Waals surface area (Å²) in [6, 6.07) is 0. The minimum Gasteiger partial charge on any atom is -0.476 e. The van der Waals surface area contributed by atoms with Gasteiger partial charge in [-0.2, -0.15) is 0 Å². The second-order valence-electron chi connectivity index (χ2n) is 5.95. The van der Waals surface area contributed by atoms with Crippen LogP contribution >= 0.6 is 0 Å². The molecule has 1 aromatic heterocycles. The largest absolute Gasteiger partial charge is 0.476 e. The van der Waals surface area contributed by atoms with Crippen molar-refractivity contribution >= 4 is 5.97 Å². The Morgan fingerprint density at radius 3 is 2.60 bits per heavy atom. The lowest BCUT2D eigenvalue weighted by Crippen LogP contribution is -2.31. The summed E-state index contributed by atoms with van der Waals surface area (Å²) < 4.78 is 2.05. The van der Waals surface area contributed by atoms with E-state index in [-0.39, 0.29) is 5.69 Å². The van der Waals surface area contributed by atoms with E-state index in [1.54, 1.807) is 0 Å². The average Bonchev–Trinajstić information content (AvgIpc) is 2.78. The molecule has 6 nitrogen and oxygen atoms in total. The SMILES string of the molecule is CN1CCC(c2nc(C(=O)O)c3n2CCC(O)C3)CC1. The van der Waals surface area contributed by atoms with Gasteiger partial charge in [-0.3, -0.25) is 0 Å². The molecular formula is C14H21N3O3. The van der Waals surface area contributed by atoms with Crippen LogP contribution in [0.2, 0.25) is 0 Å². The zero-order valence-electron chi connectivity index (χ0n) is 11.7. The fraction of sp³-hybridized carbons (Fsp3) is 0.714. The van der Waals surface area contributed by atoms with Crippen LogP contribution in [0.5, 0.6) is 0 Å². The van der Waals surface area contributed by atoms with Gasteiger partial charge in [0.1, 0.15) is 5.82 Å². The number of fused-ring (bicyclic) bond motifs is 1. The summed E-state index contributed by atoms with van der Waals surface area (Å²) in [5, 5.41) is 19.1. The number of rotatable bonds is 2. The quantitative estimate of drug-likeness (QED) is 0.833. The third-order valence-electron chi connectivity index (χ3n) is 4.50. The van der Waals surface area contributed by atoms with E-state index >= 15 is 0 Å². The van der Waals surface area contributed by atoms with Crippen LogP contribution in [-0.4, -0.2) is 56.9 Å². The number of hydrogen-bond acceptors (Lipinski definition) is 4. The number of aliphatic hydroxyl groups excluding tert-OH is 1. The Morgan fingerprint density at radius 1 is 1.25 bits per heavy atom. The van der Waals surface area contributed by atoms with Crippen LogP contribution in [0.15, 0.2) is 0 Å². The molecule has 1 unspecified atom stereocenters. The number of nitrogens with zero attached hydrogens (tertiary/aromatic N) is 3. The van der Waals surface area contributed by atoms with E-state index in [0.29, 0.717) is 31.0 Å². The molecule has 2 aliphatic heterocycles. The lowest BCUT2D eigenvalue weighted by molar-refractivity contribution is 0.0687. The molecule has 0 radical (unpaired) electrons. The van der Waals surface area contributed by atoms with Gasteiger partial charge in [0.05, 0.1) is 11.8 Å². The minimum atomic E-state index is -0.984. The Labute approximate surface area is 118 Å². The number of carbonyl (C=O) groups is 1. The number of aromatic nitrogens is 2. The Hall–Kier alpha value is -1.40. The van der Waals surface area contributed by atoms with E-state index in [4.69, 9.17) is 0 Å². The molecule has 1 aromatic rings. The highest BCUT2D eigenvalue weighted by Gasteiger charge is 2.31. The summed E-state index contributed by atoms with van der Waals surface area (Å²) in [5.74, 6) is 0.271. The van der Waals surface area contributed by atoms with Gasteiger partial charge in [-0.15, -0.1) is 0 Å². The zero-order chi connectivity index (χ0) is 14.3. The highest BCUT2D eigenvalue weighted by atomic mass is 16.4. The molecule has 2 aliphatic rings. The van der Waals surface area contributed by atoms with Crippen LogP contribution in [-0.2, 0) is 13.0 Å². The van der Waals surface area contributed by atoms with Gasteiger partial charge in [-0.1, -0.05) is 0 Å². The van der Waals surface area contributed by atoms with Gasteiger partial charge < -0.3 is 19.7 Å². The highest BCUT2D eigenvalue weighted by molar-refractivity contribution is 5.87. The lowest BCUT2D eigenvalue weighted by Gasteiger charge is -2.30. The first kappa shape index (κ1) is 13.6. The van der Waals surface area contributed by atoms with E-state index in [9.17, 15) is 15.0 Å². The van der Waals surface area contributed by atoms with Gasteiger partial charge in [0, 0.05) is 18.9 Å². The molecule has 1 atom stereocenters. The van der Waals surface area contributed by atoms with E-state index in [2.05, 4.69) is 16.9 Å². The number of piperidine rings is 1.